The standard InChI is InChI=1S/C27H32N6O3/c1-19-25(20(2)33(30-19)23-6-4-3-5-7-23)26-27(35)28-12-13-32(26)18-24(34)29-21-8-10-22(11-9-21)31-14-16-36-17-15-31/h3-11,26H,12-18H2,1-2H3,(H,28,35)(H,29,34)/t26-/m0/s1. The molecule has 36 heavy (non-hydrogen) atoms. The van der Waals surface area contributed by atoms with Crippen molar-refractivity contribution in [2.24, 2.45) is 0 Å². The first-order valence-electron chi connectivity index (χ1n) is 12.4. The third-order valence-corrected chi connectivity index (χ3v) is 6.81. The van der Waals surface area contributed by atoms with Gasteiger partial charge in [-0.15, -0.1) is 0 Å². The summed E-state index contributed by atoms with van der Waals surface area (Å²) >= 11 is 0. The number of carbonyl (C=O) groups is 2. The van der Waals surface area contributed by atoms with Crippen molar-refractivity contribution in [3.05, 3.63) is 71.5 Å². The van der Waals surface area contributed by atoms with Crippen molar-refractivity contribution in [3.8, 4) is 5.69 Å². The van der Waals surface area contributed by atoms with Crippen LogP contribution in [0, 0.1) is 13.8 Å². The number of hydrogen-bond acceptors (Lipinski definition) is 6. The zero-order valence-electron chi connectivity index (χ0n) is 20.7. The Bertz CT molecular complexity index is 1220. The molecule has 3 heterocycles. The Labute approximate surface area is 211 Å². The van der Waals surface area contributed by atoms with E-state index in [0.29, 0.717) is 13.1 Å². The van der Waals surface area contributed by atoms with E-state index in [0.717, 1.165) is 60.3 Å². The number of morpholine rings is 1. The molecule has 9 heteroatoms. The number of aromatic nitrogens is 2. The highest BCUT2D eigenvalue weighted by Crippen LogP contribution is 2.30. The molecular weight excluding hydrogens is 456 g/mol. The number of benzene rings is 2. The first kappa shape index (κ1) is 24.0. The second kappa shape index (κ2) is 10.5. The number of para-hydroxylation sites is 1. The van der Waals surface area contributed by atoms with Crippen molar-refractivity contribution in [2.45, 2.75) is 19.9 Å². The number of anilines is 2. The molecule has 1 atom stereocenters. The molecule has 2 N–H and O–H groups in total. The normalized spacial score (nSPS) is 18.7. The summed E-state index contributed by atoms with van der Waals surface area (Å²) in [5.74, 6) is -0.262. The predicted molar refractivity (Wildman–Crippen MR) is 138 cm³/mol. The van der Waals surface area contributed by atoms with Gasteiger partial charge < -0.3 is 20.3 Å². The summed E-state index contributed by atoms with van der Waals surface area (Å²) in [6.45, 7) is 8.26. The number of carbonyl (C=O) groups excluding carboxylic acids is 2. The van der Waals surface area contributed by atoms with Crippen LogP contribution in [-0.4, -0.2) is 72.4 Å². The summed E-state index contributed by atoms with van der Waals surface area (Å²) in [4.78, 5) is 30.3. The number of amides is 2. The van der Waals surface area contributed by atoms with Crippen LogP contribution in [0.2, 0.25) is 0 Å². The molecule has 2 saturated heterocycles. The lowest BCUT2D eigenvalue weighted by atomic mass is 10.00. The van der Waals surface area contributed by atoms with Gasteiger partial charge in [-0.25, -0.2) is 4.68 Å². The highest BCUT2D eigenvalue weighted by molar-refractivity contribution is 5.93. The van der Waals surface area contributed by atoms with E-state index in [1.165, 1.54) is 0 Å². The van der Waals surface area contributed by atoms with Gasteiger partial charge in [0.1, 0.15) is 6.04 Å². The molecule has 188 valence electrons. The lowest BCUT2D eigenvalue weighted by Crippen LogP contribution is -2.52. The third kappa shape index (κ3) is 4.98. The number of rotatable bonds is 6. The fourth-order valence-electron chi connectivity index (χ4n) is 5.03. The monoisotopic (exact) mass is 488 g/mol. The number of hydrogen-bond donors (Lipinski definition) is 2. The van der Waals surface area contributed by atoms with Crippen LogP contribution in [-0.2, 0) is 14.3 Å². The van der Waals surface area contributed by atoms with E-state index in [1.807, 2.05) is 78.0 Å². The fourth-order valence-corrected chi connectivity index (χ4v) is 5.03. The number of nitrogens with one attached hydrogen (secondary N) is 2. The van der Waals surface area contributed by atoms with Crippen LogP contribution in [0.3, 0.4) is 0 Å². The molecule has 2 aliphatic heterocycles. The van der Waals surface area contributed by atoms with Crippen molar-refractivity contribution in [1.82, 2.24) is 20.0 Å². The molecule has 9 nitrogen and oxygen atoms in total. The van der Waals surface area contributed by atoms with Gasteiger partial charge in [-0.1, -0.05) is 18.2 Å². The van der Waals surface area contributed by atoms with Gasteiger partial charge in [-0.2, -0.15) is 5.10 Å². The topological polar surface area (TPSA) is 91.7 Å². The Kier molecular flexibility index (Phi) is 7.02. The summed E-state index contributed by atoms with van der Waals surface area (Å²) in [5.41, 5.74) is 5.31. The number of nitrogens with zero attached hydrogens (tertiary/aromatic N) is 4. The van der Waals surface area contributed by atoms with E-state index in [4.69, 9.17) is 9.84 Å². The minimum Gasteiger partial charge on any atom is -0.378 e. The van der Waals surface area contributed by atoms with Crippen LogP contribution >= 0.6 is 0 Å². The second-order valence-corrected chi connectivity index (χ2v) is 9.19. The van der Waals surface area contributed by atoms with Crippen LogP contribution in [0.25, 0.3) is 5.69 Å². The smallest absolute Gasteiger partial charge is 0.242 e. The quantitative estimate of drug-likeness (QED) is 0.554. The average Bonchev–Trinajstić information content (AvgIpc) is 3.19. The van der Waals surface area contributed by atoms with E-state index >= 15 is 0 Å². The maximum Gasteiger partial charge on any atom is 0.242 e. The molecule has 0 bridgehead atoms. The molecule has 5 rings (SSSR count). The number of piperazine rings is 1. The van der Waals surface area contributed by atoms with E-state index in [1.54, 1.807) is 0 Å². The summed E-state index contributed by atoms with van der Waals surface area (Å²) in [6, 6.07) is 17.1. The maximum absolute atomic E-state index is 13.0. The van der Waals surface area contributed by atoms with E-state index in [2.05, 4.69) is 15.5 Å². The van der Waals surface area contributed by atoms with Crippen LogP contribution in [0.1, 0.15) is 23.0 Å². The summed E-state index contributed by atoms with van der Waals surface area (Å²) in [7, 11) is 0. The molecule has 2 amide bonds. The minimum absolute atomic E-state index is 0.109. The predicted octanol–water partition coefficient (Wildman–Crippen LogP) is 2.44. The fraction of sp³-hybridized carbons (Fsp3) is 0.370. The Hall–Kier alpha value is -3.69. The van der Waals surface area contributed by atoms with Gasteiger partial charge in [0.25, 0.3) is 0 Å². The first-order chi connectivity index (χ1) is 17.5. The van der Waals surface area contributed by atoms with Crippen LogP contribution in [0.5, 0.6) is 0 Å². The highest BCUT2D eigenvalue weighted by atomic mass is 16.5. The Morgan fingerprint density at radius 3 is 2.47 bits per heavy atom. The van der Waals surface area contributed by atoms with Gasteiger partial charge in [0.2, 0.25) is 11.8 Å². The molecule has 2 fully saturated rings. The van der Waals surface area contributed by atoms with Crippen molar-refractivity contribution < 1.29 is 14.3 Å². The summed E-state index contributed by atoms with van der Waals surface area (Å²) in [6.07, 6.45) is 0. The lowest BCUT2D eigenvalue weighted by Gasteiger charge is -2.34. The van der Waals surface area contributed by atoms with Crippen molar-refractivity contribution in [2.75, 3.05) is 56.2 Å². The second-order valence-electron chi connectivity index (χ2n) is 9.19. The number of ether oxygens (including phenoxy) is 1. The van der Waals surface area contributed by atoms with E-state index in [9.17, 15) is 9.59 Å². The van der Waals surface area contributed by atoms with Gasteiger partial charge in [0.15, 0.2) is 0 Å². The zero-order chi connectivity index (χ0) is 25.1. The summed E-state index contributed by atoms with van der Waals surface area (Å²) < 4.78 is 7.28. The number of aryl methyl sites for hydroxylation is 1. The molecule has 3 aromatic rings. The van der Waals surface area contributed by atoms with Crippen LogP contribution in [0.15, 0.2) is 54.6 Å². The van der Waals surface area contributed by atoms with Gasteiger partial charge in [0.05, 0.1) is 31.1 Å². The summed E-state index contributed by atoms with van der Waals surface area (Å²) in [5, 5.41) is 10.7. The average molecular weight is 489 g/mol. The molecule has 2 aromatic carbocycles. The van der Waals surface area contributed by atoms with Gasteiger partial charge in [-0.05, 0) is 50.2 Å². The molecule has 0 saturated carbocycles. The molecule has 0 unspecified atom stereocenters. The van der Waals surface area contributed by atoms with Crippen LogP contribution < -0.4 is 15.5 Å². The van der Waals surface area contributed by atoms with E-state index < -0.39 is 6.04 Å². The molecule has 2 aliphatic rings. The Morgan fingerprint density at radius 1 is 1.03 bits per heavy atom. The van der Waals surface area contributed by atoms with Gasteiger partial charge >= 0.3 is 0 Å². The molecule has 0 aliphatic carbocycles. The van der Waals surface area contributed by atoms with Gasteiger partial charge in [-0.3, -0.25) is 14.5 Å². The van der Waals surface area contributed by atoms with Crippen molar-refractivity contribution in [3.63, 3.8) is 0 Å². The van der Waals surface area contributed by atoms with Gasteiger partial charge in [0, 0.05) is 48.8 Å². The third-order valence-electron chi connectivity index (χ3n) is 6.81. The SMILES string of the molecule is Cc1nn(-c2ccccc2)c(C)c1[C@H]1C(=O)NCCN1CC(=O)Nc1ccc(N2CCOCC2)cc1. The zero-order valence-corrected chi connectivity index (χ0v) is 20.7. The minimum atomic E-state index is -0.578. The highest BCUT2D eigenvalue weighted by Gasteiger charge is 2.36. The maximum atomic E-state index is 13.0. The Balaban J connectivity index is 1.31. The Morgan fingerprint density at radius 2 is 1.75 bits per heavy atom. The molecular formula is C27H32N6O3. The first-order valence-corrected chi connectivity index (χ1v) is 12.4. The van der Waals surface area contributed by atoms with Crippen molar-refractivity contribution >= 4 is 23.2 Å². The lowest BCUT2D eigenvalue weighted by molar-refractivity contribution is -0.130. The molecule has 0 radical (unpaired) electrons. The largest absolute Gasteiger partial charge is 0.378 e. The molecule has 1 aromatic heterocycles. The van der Waals surface area contributed by atoms with E-state index in [-0.39, 0.29) is 18.4 Å². The van der Waals surface area contributed by atoms with Crippen LogP contribution in [0.4, 0.5) is 11.4 Å². The van der Waals surface area contributed by atoms with Crippen molar-refractivity contribution in [1.29, 1.82) is 0 Å². The molecule has 0 spiro atoms.